The van der Waals surface area contributed by atoms with Gasteiger partial charge in [-0.3, -0.25) is 4.99 Å². The lowest BCUT2D eigenvalue weighted by atomic mass is 9.77. The van der Waals surface area contributed by atoms with Crippen molar-refractivity contribution in [3.05, 3.63) is 34.1 Å². The standard InChI is InChI=1S/C16H17N5S/c1-9-4-5-18-14(19-9)21-15-20-12-11-8-17-7-10(11)6-16(2,3)13(12)22-15/h4-5,8H,6-7H2,1-3H3,(H,18,19,20,21). The molecule has 0 unspecified atom stereocenters. The van der Waals surface area contributed by atoms with Crippen molar-refractivity contribution in [1.29, 1.82) is 0 Å². The first kappa shape index (κ1) is 13.6. The quantitative estimate of drug-likeness (QED) is 0.922. The molecule has 112 valence electrons. The minimum Gasteiger partial charge on any atom is -0.300 e. The molecule has 0 radical (unpaired) electrons. The summed E-state index contributed by atoms with van der Waals surface area (Å²) in [5.74, 6) is 0.596. The molecule has 0 saturated carbocycles. The zero-order chi connectivity index (χ0) is 15.3. The number of nitrogens with zero attached hydrogens (tertiary/aromatic N) is 4. The summed E-state index contributed by atoms with van der Waals surface area (Å²) in [5.41, 5.74) is 4.73. The molecule has 1 aliphatic carbocycles. The number of thiazole rings is 1. The van der Waals surface area contributed by atoms with E-state index in [1.807, 2.05) is 19.2 Å². The lowest BCUT2D eigenvalue weighted by molar-refractivity contribution is 0.520. The third kappa shape index (κ3) is 2.14. The zero-order valence-corrected chi connectivity index (χ0v) is 13.7. The smallest absolute Gasteiger partial charge is 0.229 e. The molecule has 2 aromatic rings. The zero-order valence-electron chi connectivity index (χ0n) is 12.8. The Labute approximate surface area is 133 Å². The monoisotopic (exact) mass is 311 g/mol. The van der Waals surface area contributed by atoms with Crippen molar-refractivity contribution < 1.29 is 0 Å². The van der Waals surface area contributed by atoms with E-state index < -0.39 is 0 Å². The van der Waals surface area contributed by atoms with Gasteiger partial charge in [0.05, 0.1) is 12.2 Å². The minimum atomic E-state index is 0.104. The highest BCUT2D eigenvalue weighted by Gasteiger charge is 2.36. The van der Waals surface area contributed by atoms with Gasteiger partial charge in [0.2, 0.25) is 5.95 Å². The topological polar surface area (TPSA) is 63.1 Å². The number of fused-ring (bicyclic) bond motifs is 2. The molecule has 22 heavy (non-hydrogen) atoms. The van der Waals surface area contributed by atoms with E-state index in [9.17, 15) is 0 Å². The fraction of sp³-hybridized carbons (Fsp3) is 0.375. The van der Waals surface area contributed by atoms with Crippen LogP contribution in [0.3, 0.4) is 0 Å². The molecular weight excluding hydrogens is 294 g/mol. The van der Waals surface area contributed by atoms with Gasteiger partial charge < -0.3 is 5.32 Å². The van der Waals surface area contributed by atoms with Crippen LogP contribution in [0.15, 0.2) is 22.8 Å². The largest absolute Gasteiger partial charge is 0.300 e. The molecule has 2 aliphatic rings. The molecule has 3 heterocycles. The summed E-state index contributed by atoms with van der Waals surface area (Å²) < 4.78 is 0. The number of hydrogen-bond acceptors (Lipinski definition) is 6. The van der Waals surface area contributed by atoms with E-state index in [1.165, 1.54) is 16.0 Å². The number of aromatic nitrogens is 3. The van der Waals surface area contributed by atoms with E-state index in [1.54, 1.807) is 17.5 Å². The normalized spacial score (nSPS) is 18.3. The molecule has 0 fully saturated rings. The van der Waals surface area contributed by atoms with Crippen LogP contribution in [-0.4, -0.2) is 27.7 Å². The number of aryl methyl sites for hydroxylation is 1. The van der Waals surface area contributed by atoms with E-state index in [4.69, 9.17) is 4.98 Å². The Kier molecular flexibility index (Phi) is 2.91. The van der Waals surface area contributed by atoms with Crippen molar-refractivity contribution in [1.82, 2.24) is 15.0 Å². The van der Waals surface area contributed by atoms with Crippen LogP contribution in [0, 0.1) is 6.92 Å². The summed E-state index contributed by atoms with van der Waals surface area (Å²) in [6, 6.07) is 1.88. The SMILES string of the molecule is Cc1ccnc(Nc2nc3c(s2)C(C)(C)CC2=C3C=NC2)n1. The van der Waals surface area contributed by atoms with E-state index in [0.29, 0.717) is 5.95 Å². The number of anilines is 2. The lowest BCUT2D eigenvalue weighted by Crippen LogP contribution is -2.22. The van der Waals surface area contributed by atoms with Crippen LogP contribution >= 0.6 is 11.3 Å². The highest BCUT2D eigenvalue weighted by atomic mass is 32.1. The van der Waals surface area contributed by atoms with Crippen LogP contribution in [0.25, 0.3) is 5.57 Å². The van der Waals surface area contributed by atoms with Crippen molar-refractivity contribution >= 4 is 34.2 Å². The summed E-state index contributed by atoms with van der Waals surface area (Å²) in [6.07, 6.45) is 4.78. The summed E-state index contributed by atoms with van der Waals surface area (Å²) in [7, 11) is 0. The molecule has 0 atom stereocenters. The first-order valence-electron chi connectivity index (χ1n) is 7.33. The van der Waals surface area contributed by atoms with Gasteiger partial charge in [-0.15, -0.1) is 11.3 Å². The maximum Gasteiger partial charge on any atom is 0.229 e. The van der Waals surface area contributed by atoms with Crippen molar-refractivity contribution in [2.24, 2.45) is 4.99 Å². The Morgan fingerprint density at radius 3 is 2.95 bits per heavy atom. The molecule has 0 bridgehead atoms. The van der Waals surface area contributed by atoms with Crippen molar-refractivity contribution in [2.75, 3.05) is 11.9 Å². The van der Waals surface area contributed by atoms with Crippen LogP contribution in [0.1, 0.15) is 36.5 Å². The van der Waals surface area contributed by atoms with Crippen LogP contribution in [-0.2, 0) is 5.41 Å². The van der Waals surface area contributed by atoms with E-state index in [0.717, 1.165) is 29.5 Å². The van der Waals surface area contributed by atoms with Crippen LogP contribution in [0.5, 0.6) is 0 Å². The second kappa shape index (κ2) is 4.71. The molecule has 2 aromatic heterocycles. The van der Waals surface area contributed by atoms with E-state index in [-0.39, 0.29) is 5.41 Å². The highest BCUT2D eigenvalue weighted by molar-refractivity contribution is 7.16. The molecule has 5 nitrogen and oxygen atoms in total. The van der Waals surface area contributed by atoms with Crippen LogP contribution in [0.4, 0.5) is 11.1 Å². The molecule has 0 aromatic carbocycles. The lowest BCUT2D eigenvalue weighted by Gasteiger charge is -2.29. The van der Waals surface area contributed by atoms with Crippen molar-refractivity contribution in [3.8, 4) is 0 Å². The molecule has 0 spiro atoms. The summed E-state index contributed by atoms with van der Waals surface area (Å²) >= 11 is 1.69. The van der Waals surface area contributed by atoms with Gasteiger partial charge >= 0.3 is 0 Å². The van der Waals surface area contributed by atoms with Crippen LogP contribution in [0.2, 0.25) is 0 Å². The van der Waals surface area contributed by atoms with Crippen LogP contribution < -0.4 is 5.32 Å². The molecule has 0 amide bonds. The molecule has 4 rings (SSSR count). The molecular formula is C16H17N5S. The maximum atomic E-state index is 4.79. The van der Waals surface area contributed by atoms with Gasteiger partial charge in [0.1, 0.15) is 0 Å². The summed E-state index contributed by atoms with van der Waals surface area (Å²) in [4.78, 5) is 19.2. The van der Waals surface area contributed by atoms with E-state index in [2.05, 4.69) is 34.1 Å². The summed E-state index contributed by atoms with van der Waals surface area (Å²) in [6.45, 7) is 7.33. The first-order valence-corrected chi connectivity index (χ1v) is 8.15. The third-order valence-corrected chi connectivity index (χ3v) is 5.39. The molecule has 0 saturated heterocycles. The number of aliphatic imine (C=N–C) groups is 1. The number of nitrogens with one attached hydrogen (secondary N) is 1. The predicted molar refractivity (Wildman–Crippen MR) is 90.1 cm³/mol. The molecule has 1 aliphatic heterocycles. The van der Waals surface area contributed by atoms with Crippen molar-refractivity contribution in [2.45, 2.75) is 32.6 Å². The number of allylic oxidation sites excluding steroid dienone is 1. The highest BCUT2D eigenvalue weighted by Crippen LogP contribution is 2.47. The Bertz CT molecular complexity index is 816. The number of rotatable bonds is 2. The fourth-order valence-electron chi connectivity index (χ4n) is 3.04. The van der Waals surface area contributed by atoms with Gasteiger partial charge in [-0.1, -0.05) is 13.8 Å². The Morgan fingerprint density at radius 1 is 1.27 bits per heavy atom. The van der Waals surface area contributed by atoms with E-state index >= 15 is 0 Å². The Balaban J connectivity index is 1.74. The van der Waals surface area contributed by atoms with Gasteiger partial charge in [-0.2, -0.15) is 0 Å². The molecule has 1 N–H and O–H groups in total. The van der Waals surface area contributed by atoms with Gasteiger partial charge in [0.25, 0.3) is 0 Å². The number of hydrogen-bond donors (Lipinski definition) is 1. The average molecular weight is 311 g/mol. The second-order valence-corrected chi connectivity index (χ2v) is 7.39. The predicted octanol–water partition coefficient (Wildman–Crippen LogP) is 3.50. The van der Waals surface area contributed by atoms with Gasteiger partial charge in [-0.05, 0) is 25.0 Å². The maximum absolute atomic E-state index is 4.79. The minimum absolute atomic E-state index is 0.104. The second-order valence-electron chi connectivity index (χ2n) is 6.39. The molecule has 6 heteroatoms. The fourth-order valence-corrected chi connectivity index (χ4v) is 4.11. The Morgan fingerprint density at radius 2 is 2.14 bits per heavy atom. The van der Waals surface area contributed by atoms with Crippen molar-refractivity contribution in [3.63, 3.8) is 0 Å². The van der Waals surface area contributed by atoms with Gasteiger partial charge in [0.15, 0.2) is 5.13 Å². The average Bonchev–Trinajstić information content (AvgIpc) is 3.04. The first-order chi connectivity index (χ1) is 10.5. The third-order valence-electron chi connectivity index (χ3n) is 4.05. The summed E-state index contributed by atoms with van der Waals surface area (Å²) in [5, 5.41) is 4.08. The van der Waals surface area contributed by atoms with Gasteiger partial charge in [0, 0.05) is 34.0 Å². The van der Waals surface area contributed by atoms with Gasteiger partial charge in [-0.25, -0.2) is 15.0 Å². The Hall–Kier alpha value is -2.08.